The van der Waals surface area contributed by atoms with Gasteiger partial charge in [0.05, 0.1) is 4.90 Å². The third-order valence-corrected chi connectivity index (χ3v) is 7.77. The summed E-state index contributed by atoms with van der Waals surface area (Å²) in [6, 6.07) is 9.24. The van der Waals surface area contributed by atoms with Crippen LogP contribution in [0, 0.1) is 0 Å². The van der Waals surface area contributed by atoms with E-state index in [2.05, 4.69) is 4.98 Å². The zero-order chi connectivity index (χ0) is 19.9. The Kier molecular flexibility index (Phi) is 4.97. The Balaban J connectivity index is 1.52. The van der Waals surface area contributed by atoms with Crippen molar-refractivity contribution in [1.82, 2.24) is 9.29 Å². The molecule has 1 aromatic heterocycles. The molecule has 0 aliphatic carbocycles. The standard InChI is InChI=1S/C21H25N3O3S/c1-15-13-19-14-20(3-4-21(19)24(15)16(2)25)28(26,27)23-11-7-18(8-12-23)17-5-9-22-10-6-17/h3-6,9-10,14-15,18H,7-8,11-13H2,1-2H3/t15-/m0/s1. The molecule has 1 saturated heterocycles. The van der Waals surface area contributed by atoms with Crippen LogP contribution in [0.1, 0.15) is 43.7 Å². The first-order chi connectivity index (χ1) is 13.4. The number of hydrogen-bond donors (Lipinski definition) is 0. The van der Waals surface area contributed by atoms with E-state index in [-0.39, 0.29) is 11.9 Å². The maximum atomic E-state index is 13.2. The Morgan fingerprint density at radius 3 is 2.43 bits per heavy atom. The van der Waals surface area contributed by atoms with Crippen LogP contribution in [0.3, 0.4) is 0 Å². The Bertz CT molecular complexity index is 983. The molecular formula is C21H25N3O3S. The van der Waals surface area contributed by atoms with Crippen LogP contribution in [0.4, 0.5) is 5.69 Å². The van der Waals surface area contributed by atoms with Crippen LogP contribution in [0.2, 0.25) is 0 Å². The SMILES string of the molecule is CC(=O)N1c2ccc(S(=O)(=O)N3CCC(c4ccncc4)CC3)cc2C[C@@H]1C. The Morgan fingerprint density at radius 1 is 1.11 bits per heavy atom. The fourth-order valence-corrected chi connectivity index (χ4v) is 5.98. The van der Waals surface area contributed by atoms with E-state index in [1.165, 1.54) is 5.56 Å². The van der Waals surface area contributed by atoms with E-state index in [0.717, 1.165) is 24.1 Å². The van der Waals surface area contributed by atoms with Crippen molar-refractivity contribution in [3.63, 3.8) is 0 Å². The second-order valence-corrected chi connectivity index (χ2v) is 9.63. The number of benzene rings is 1. The molecule has 0 radical (unpaired) electrons. The van der Waals surface area contributed by atoms with E-state index in [9.17, 15) is 13.2 Å². The molecule has 3 heterocycles. The van der Waals surface area contributed by atoms with Gasteiger partial charge in [0.2, 0.25) is 15.9 Å². The summed E-state index contributed by atoms with van der Waals surface area (Å²) < 4.78 is 27.9. The molecule has 4 rings (SSSR count). The fourth-order valence-electron chi connectivity index (χ4n) is 4.46. The van der Waals surface area contributed by atoms with Gasteiger partial charge in [0.1, 0.15) is 0 Å². The minimum atomic E-state index is -3.53. The zero-order valence-corrected chi connectivity index (χ0v) is 17.0. The molecular weight excluding hydrogens is 374 g/mol. The molecule has 1 aromatic carbocycles. The smallest absolute Gasteiger partial charge is 0.243 e. The molecule has 0 N–H and O–H groups in total. The first-order valence-electron chi connectivity index (χ1n) is 9.70. The van der Waals surface area contributed by atoms with Crippen LogP contribution >= 0.6 is 0 Å². The summed E-state index contributed by atoms with van der Waals surface area (Å²) in [5.74, 6) is 0.361. The highest BCUT2D eigenvalue weighted by Crippen LogP contribution is 2.36. The van der Waals surface area contributed by atoms with Gasteiger partial charge >= 0.3 is 0 Å². The molecule has 0 spiro atoms. The van der Waals surface area contributed by atoms with Crippen LogP contribution < -0.4 is 4.90 Å². The molecule has 0 saturated carbocycles. The molecule has 28 heavy (non-hydrogen) atoms. The maximum Gasteiger partial charge on any atom is 0.243 e. The molecule has 2 aromatic rings. The predicted octanol–water partition coefficient (Wildman–Crippen LogP) is 2.95. The second kappa shape index (κ2) is 7.29. The first-order valence-corrected chi connectivity index (χ1v) is 11.1. The van der Waals surface area contributed by atoms with Crippen molar-refractivity contribution in [2.45, 2.75) is 50.0 Å². The van der Waals surface area contributed by atoms with Crippen molar-refractivity contribution in [2.75, 3.05) is 18.0 Å². The molecule has 1 fully saturated rings. The van der Waals surface area contributed by atoms with Gasteiger partial charge in [-0.3, -0.25) is 9.78 Å². The Hall–Kier alpha value is -2.25. The highest BCUT2D eigenvalue weighted by molar-refractivity contribution is 7.89. The monoisotopic (exact) mass is 399 g/mol. The number of anilines is 1. The Labute approximate surface area is 166 Å². The van der Waals surface area contributed by atoms with Crippen LogP contribution in [0.25, 0.3) is 0 Å². The topological polar surface area (TPSA) is 70.6 Å². The quantitative estimate of drug-likeness (QED) is 0.796. The van der Waals surface area contributed by atoms with Crippen molar-refractivity contribution >= 4 is 21.6 Å². The number of carbonyl (C=O) groups is 1. The van der Waals surface area contributed by atoms with Gasteiger partial charge in [-0.1, -0.05) is 0 Å². The number of sulfonamides is 1. The van der Waals surface area contributed by atoms with Crippen LogP contribution in [0.15, 0.2) is 47.6 Å². The highest BCUT2D eigenvalue weighted by Gasteiger charge is 2.33. The molecule has 2 aliphatic rings. The molecule has 0 bridgehead atoms. The number of aromatic nitrogens is 1. The summed E-state index contributed by atoms with van der Waals surface area (Å²) in [4.78, 5) is 18.0. The number of nitrogens with zero attached hydrogens (tertiary/aromatic N) is 3. The number of rotatable bonds is 3. The molecule has 148 valence electrons. The number of pyridine rings is 1. The molecule has 1 amide bonds. The van der Waals surface area contributed by atoms with E-state index in [1.54, 1.807) is 46.7 Å². The highest BCUT2D eigenvalue weighted by atomic mass is 32.2. The number of amides is 1. The first kappa shape index (κ1) is 19.1. The summed E-state index contributed by atoms with van der Waals surface area (Å²) in [5.41, 5.74) is 2.98. The molecule has 2 aliphatic heterocycles. The van der Waals surface area contributed by atoms with Crippen LogP contribution in [-0.4, -0.2) is 42.7 Å². The van der Waals surface area contributed by atoms with Crippen molar-refractivity contribution in [3.8, 4) is 0 Å². The number of carbonyl (C=O) groups excluding carboxylic acids is 1. The molecule has 7 heteroatoms. The summed E-state index contributed by atoms with van der Waals surface area (Å²) in [5, 5.41) is 0. The van der Waals surface area contributed by atoms with Gasteiger partial charge in [-0.25, -0.2) is 8.42 Å². The van der Waals surface area contributed by atoms with Crippen LogP contribution in [-0.2, 0) is 21.2 Å². The lowest BCUT2D eigenvalue weighted by Crippen LogP contribution is -2.37. The fraction of sp³-hybridized carbons (Fsp3) is 0.429. The van der Waals surface area contributed by atoms with E-state index < -0.39 is 10.0 Å². The van der Waals surface area contributed by atoms with E-state index in [0.29, 0.717) is 30.3 Å². The Morgan fingerprint density at radius 2 is 1.79 bits per heavy atom. The normalized spacial score (nSPS) is 20.9. The van der Waals surface area contributed by atoms with Gasteiger partial charge in [0.25, 0.3) is 0 Å². The summed E-state index contributed by atoms with van der Waals surface area (Å²) >= 11 is 0. The zero-order valence-electron chi connectivity index (χ0n) is 16.2. The van der Waals surface area contributed by atoms with Gasteiger partial charge < -0.3 is 4.90 Å². The van der Waals surface area contributed by atoms with Crippen LogP contribution in [0.5, 0.6) is 0 Å². The van der Waals surface area contributed by atoms with Gasteiger partial charge in [0.15, 0.2) is 0 Å². The van der Waals surface area contributed by atoms with E-state index in [4.69, 9.17) is 0 Å². The number of piperidine rings is 1. The van der Waals surface area contributed by atoms with Gasteiger partial charge in [-0.15, -0.1) is 0 Å². The third kappa shape index (κ3) is 3.33. The van der Waals surface area contributed by atoms with E-state index >= 15 is 0 Å². The molecule has 6 nitrogen and oxygen atoms in total. The van der Waals surface area contributed by atoms with Gasteiger partial charge in [0, 0.05) is 44.1 Å². The third-order valence-electron chi connectivity index (χ3n) is 5.88. The molecule has 1 atom stereocenters. The van der Waals surface area contributed by atoms with Crippen molar-refractivity contribution in [1.29, 1.82) is 0 Å². The lowest BCUT2D eigenvalue weighted by molar-refractivity contribution is -0.116. The van der Waals surface area contributed by atoms with Gasteiger partial charge in [-0.05, 0) is 73.6 Å². The van der Waals surface area contributed by atoms with Crippen molar-refractivity contribution < 1.29 is 13.2 Å². The lowest BCUT2D eigenvalue weighted by atomic mass is 9.91. The summed E-state index contributed by atoms with van der Waals surface area (Å²) in [6.07, 6.45) is 5.87. The maximum absolute atomic E-state index is 13.2. The summed E-state index contributed by atoms with van der Waals surface area (Å²) in [6.45, 7) is 4.56. The average molecular weight is 400 g/mol. The lowest BCUT2D eigenvalue weighted by Gasteiger charge is -2.31. The summed E-state index contributed by atoms with van der Waals surface area (Å²) in [7, 11) is -3.53. The number of hydrogen-bond acceptors (Lipinski definition) is 4. The van der Waals surface area contributed by atoms with Crippen molar-refractivity contribution in [2.24, 2.45) is 0 Å². The van der Waals surface area contributed by atoms with E-state index in [1.807, 2.05) is 19.1 Å². The average Bonchev–Trinajstić information content (AvgIpc) is 3.04. The largest absolute Gasteiger partial charge is 0.309 e. The molecule has 0 unspecified atom stereocenters. The van der Waals surface area contributed by atoms with Crippen molar-refractivity contribution in [3.05, 3.63) is 53.9 Å². The predicted molar refractivity (Wildman–Crippen MR) is 108 cm³/mol. The second-order valence-electron chi connectivity index (χ2n) is 7.69. The minimum absolute atomic E-state index is 0.0139. The van der Waals surface area contributed by atoms with Gasteiger partial charge in [-0.2, -0.15) is 4.31 Å². The minimum Gasteiger partial charge on any atom is -0.309 e. The number of fused-ring (bicyclic) bond motifs is 1.